The van der Waals surface area contributed by atoms with Gasteiger partial charge in [0.15, 0.2) is 6.10 Å². The van der Waals surface area contributed by atoms with Crippen molar-refractivity contribution in [1.82, 2.24) is 20.2 Å². The van der Waals surface area contributed by atoms with Crippen LogP contribution < -0.4 is 5.32 Å². The lowest BCUT2D eigenvalue weighted by Crippen LogP contribution is -2.31. The van der Waals surface area contributed by atoms with Crippen LogP contribution in [0.3, 0.4) is 0 Å². The number of anilines is 1. The fraction of sp³-hybridized carbons (Fsp3) is 0.250. The van der Waals surface area contributed by atoms with Crippen LogP contribution in [0.2, 0.25) is 5.02 Å². The number of ether oxygens (including phenoxy) is 1. The first kappa shape index (κ1) is 15.8. The van der Waals surface area contributed by atoms with Gasteiger partial charge in [-0.15, -0.1) is 5.10 Å². The molecule has 1 amide bonds. The molecule has 22 heavy (non-hydrogen) atoms. The van der Waals surface area contributed by atoms with Crippen molar-refractivity contribution in [1.29, 1.82) is 0 Å². The number of nitrogens with zero attached hydrogens (tertiary/aromatic N) is 4. The highest BCUT2D eigenvalue weighted by atomic mass is 35.5. The number of hydrogen-bond donors (Lipinski definition) is 1. The molecular weight excluding hydrogens is 317 g/mol. The number of benzene rings is 1. The Morgan fingerprint density at radius 1 is 1.50 bits per heavy atom. The summed E-state index contributed by atoms with van der Waals surface area (Å²) in [4.78, 5) is 23.5. The molecule has 0 aliphatic carbocycles. The molecule has 1 heterocycles. The first-order chi connectivity index (χ1) is 10.5. The number of hydrogen-bond acceptors (Lipinski definition) is 6. The molecule has 0 saturated carbocycles. The second-order valence-electron chi connectivity index (χ2n) is 4.25. The van der Waals surface area contributed by atoms with E-state index in [4.69, 9.17) is 16.3 Å². The van der Waals surface area contributed by atoms with E-state index in [-0.39, 0.29) is 17.3 Å². The van der Waals surface area contributed by atoms with E-state index in [2.05, 4.69) is 20.8 Å². The van der Waals surface area contributed by atoms with E-state index in [0.29, 0.717) is 0 Å². The first-order valence-electron chi connectivity index (χ1n) is 6.12. The van der Waals surface area contributed by atoms with Gasteiger partial charge in [-0.3, -0.25) is 9.59 Å². The van der Waals surface area contributed by atoms with Crippen LogP contribution in [0.5, 0.6) is 0 Å². The van der Waals surface area contributed by atoms with Crippen molar-refractivity contribution in [2.24, 2.45) is 0 Å². The average Bonchev–Trinajstić information content (AvgIpc) is 2.94. The quantitative estimate of drug-likeness (QED) is 0.824. The van der Waals surface area contributed by atoms with Crippen LogP contribution in [-0.4, -0.2) is 38.2 Å². The van der Waals surface area contributed by atoms with Crippen molar-refractivity contribution in [2.45, 2.75) is 19.6 Å². The molecular formula is C12H11ClFN5O3. The first-order valence-corrected chi connectivity index (χ1v) is 6.49. The molecule has 0 aliphatic heterocycles. The third-order valence-electron chi connectivity index (χ3n) is 2.55. The maximum Gasteiger partial charge on any atom is 0.328 e. The van der Waals surface area contributed by atoms with Gasteiger partial charge in [0.1, 0.15) is 18.7 Å². The third-order valence-corrected chi connectivity index (χ3v) is 2.86. The standard InChI is InChI=1S/C12H11ClFN5O3/c1-7(22-11(20)5-19-6-15-17-18-19)12(21)16-10-3-2-8(14)4-9(10)13/h2-4,6-7H,5H2,1H3,(H,16,21)/t7-/m0/s1. The zero-order chi connectivity index (χ0) is 16.1. The lowest BCUT2D eigenvalue weighted by atomic mass is 10.3. The number of nitrogens with one attached hydrogen (secondary N) is 1. The van der Waals surface area contributed by atoms with Gasteiger partial charge in [-0.1, -0.05) is 11.6 Å². The highest BCUT2D eigenvalue weighted by Crippen LogP contribution is 2.22. The summed E-state index contributed by atoms with van der Waals surface area (Å²) in [5.41, 5.74) is 0.219. The minimum absolute atomic E-state index is 0.0422. The molecule has 1 aromatic carbocycles. The van der Waals surface area contributed by atoms with Gasteiger partial charge in [-0.2, -0.15) is 0 Å². The summed E-state index contributed by atoms with van der Waals surface area (Å²) < 4.78 is 19.0. The average molecular weight is 328 g/mol. The Balaban J connectivity index is 1.90. The summed E-state index contributed by atoms with van der Waals surface area (Å²) in [5, 5.41) is 12.7. The van der Waals surface area contributed by atoms with Crippen LogP contribution in [0.25, 0.3) is 0 Å². The molecule has 0 radical (unpaired) electrons. The van der Waals surface area contributed by atoms with Crippen LogP contribution in [0.4, 0.5) is 10.1 Å². The minimum Gasteiger partial charge on any atom is -0.451 e. The van der Waals surface area contributed by atoms with E-state index in [1.165, 1.54) is 19.3 Å². The highest BCUT2D eigenvalue weighted by Gasteiger charge is 2.19. The fourth-order valence-corrected chi connectivity index (χ4v) is 1.71. The molecule has 8 nitrogen and oxygen atoms in total. The number of halogens is 2. The van der Waals surface area contributed by atoms with Gasteiger partial charge in [0, 0.05) is 0 Å². The van der Waals surface area contributed by atoms with E-state index in [9.17, 15) is 14.0 Å². The molecule has 0 saturated heterocycles. The smallest absolute Gasteiger partial charge is 0.328 e. The van der Waals surface area contributed by atoms with Crippen LogP contribution in [-0.2, 0) is 20.9 Å². The maximum atomic E-state index is 12.9. The van der Waals surface area contributed by atoms with E-state index in [1.807, 2.05) is 0 Å². The normalized spacial score (nSPS) is 11.8. The summed E-state index contributed by atoms with van der Waals surface area (Å²) in [6.07, 6.45) is 0.176. The monoisotopic (exact) mass is 327 g/mol. The molecule has 2 aromatic rings. The molecule has 0 bridgehead atoms. The van der Waals surface area contributed by atoms with Gasteiger partial charge in [-0.05, 0) is 35.5 Å². The summed E-state index contributed by atoms with van der Waals surface area (Å²) in [7, 11) is 0. The van der Waals surface area contributed by atoms with Gasteiger partial charge in [0.25, 0.3) is 5.91 Å². The second-order valence-corrected chi connectivity index (χ2v) is 4.66. The molecule has 0 spiro atoms. The van der Waals surface area contributed by atoms with Crippen molar-refractivity contribution < 1.29 is 18.7 Å². The Morgan fingerprint density at radius 3 is 2.91 bits per heavy atom. The summed E-state index contributed by atoms with van der Waals surface area (Å²) in [5.74, 6) is -1.80. The Kier molecular flexibility index (Phi) is 4.99. The minimum atomic E-state index is -1.06. The van der Waals surface area contributed by atoms with Crippen LogP contribution in [0.1, 0.15) is 6.92 Å². The molecule has 116 valence electrons. The Morgan fingerprint density at radius 2 is 2.27 bits per heavy atom. The number of tetrazole rings is 1. The Hall–Kier alpha value is -2.55. The van der Waals surface area contributed by atoms with Crippen molar-refractivity contribution >= 4 is 29.2 Å². The van der Waals surface area contributed by atoms with E-state index < -0.39 is 23.8 Å². The number of carbonyl (C=O) groups is 2. The van der Waals surface area contributed by atoms with Crippen molar-refractivity contribution in [3.8, 4) is 0 Å². The van der Waals surface area contributed by atoms with E-state index in [0.717, 1.165) is 16.8 Å². The SMILES string of the molecule is C[C@H](OC(=O)Cn1cnnn1)C(=O)Nc1ccc(F)cc1Cl. The maximum absolute atomic E-state index is 12.9. The molecule has 1 atom stereocenters. The van der Waals surface area contributed by atoms with Crippen molar-refractivity contribution in [2.75, 3.05) is 5.32 Å². The molecule has 2 rings (SSSR count). The Bertz CT molecular complexity index is 679. The molecule has 0 fully saturated rings. The van der Waals surface area contributed by atoms with E-state index in [1.54, 1.807) is 0 Å². The van der Waals surface area contributed by atoms with Crippen molar-refractivity contribution in [3.05, 3.63) is 35.4 Å². The molecule has 1 N–H and O–H groups in total. The number of esters is 1. The van der Waals surface area contributed by atoms with Gasteiger partial charge in [-0.25, -0.2) is 9.07 Å². The zero-order valence-electron chi connectivity index (χ0n) is 11.4. The summed E-state index contributed by atoms with van der Waals surface area (Å²) >= 11 is 5.79. The summed E-state index contributed by atoms with van der Waals surface area (Å²) in [6.45, 7) is 1.17. The van der Waals surface area contributed by atoms with Crippen LogP contribution in [0, 0.1) is 5.82 Å². The van der Waals surface area contributed by atoms with Gasteiger partial charge < -0.3 is 10.1 Å². The topological polar surface area (TPSA) is 99.0 Å². The highest BCUT2D eigenvalue weighted by molar-refractivity contribution is 6.33. The number of carbonyl (C=O) groups excluding carboxylic acids is 2. The third kappa shape index (κ3) is 4.22. The molecule has 1 aromatic heterocycles. The number of amides is 1. The second kappa shape index (κ2) is 6.94. The fourth-order valence-electron chi connectivity index (χ4n) is 1.50. The Labute approximate surface area is 129 Å². The van der Waals surface area contributed by atoms with Gasteiger partial charge in [0.05, 0.1) is 10.7 Å². The predicted molar refractivity (Wildman–Crippen MR) is 73.4 cm³/mol. The van der Waals surface area contributed by atoms with Crippen LogP contribution >= 0.6 is 11.6 Å². The lowest BCUT2D eigenvalue weighted by Gasteiger charge is -2.14. The summed E-state index contributed by atoms with van der Waals surface area (Å²) in [6, 6.07) is 3.52. The lowest BCUT2D eigenvalue weighted by molar-refractivity contribution is -0.153. The molecule has 0 unspecified atom stereocenters. The van der Waals surface area contributed by atoms with Crippen LogP contribution in [0.15, 0.2) is 24.5 Å². The number of aromatic nitrogens is 4. The zero-order valence-corrected chi connectivity index (χ0v) is 12.1. The van der Waals surface area contributed by atoms with Gasteiger partial charge in [0.2, 0.25) is 0 Å². The largest absolute Gasteiger partial charge is 0.451 e. The molecule has 10 heteroatoms. The number of rotatable bonds is 5. The molecule has 0 aliphatic rings. The van der Waals surface area contributed by atoms with Gasteiger partial charge >= 0.3 is 5.97 Å². The predicted octanol–water partition coefficient (Wildman–Crippen LogP) is 1.04. The van der Waals surface area contributed by atoms with Crippen molar-refractivity contribution in [3.63, 3.8) is 0 Å². The van der Waals surface area contributed by atoms with E-state index >= 15 is 0 Å².